The van der Waals surface area contributed by atoms with Crippen LogP contribution in [0.15, 0.2) is 16.9 Å². The van der Waals surface area contributed by atoms with Crippen LogP contribution in [-0.2, 0) is 23.1 Å². The molecule has 1 amide bonds. The standard InChI is InChI=1S/C15H23N3O3/c1-10-5-6-11(15(20)18(10)3)8-16-14(19)13-7-12(21-4)9-17(13)2/h5-6,12-13H,7-9H2,1-4H3,(H,16,19)/t12-,13-/m0/s1. The zero-order valence-corrected chi connectivity index (χ0v) is 13.0. The third kappa shape index (κ3) is 3.33. The van der Waals surface area contributed by atoms with Crippen LogP contribution in [0, 0.1) is 6.92 Å². The Morgan fingerprint density at radius 3 is 2.76 bits per heavy atom. The number of likely N-dealkylation sites (tertiary alicyclic amines) is 1. The van der Waals surface area contributed by atoms with Gasteiger partial charge in [0.05, 0.1) is 12.1 Å². The number of nitrogens with zero attached hydrogens (tertiary/aromatic N) is 2. The van der Waals surface area contributed by atoms with E-state index in [-0.39, 0.29) is 30.2 Å². The van der Waals surface area contributed by atoms with Crippen molar-refractivity contribution in [3.8, 4) is 0 Å². The zero-order valence-electron chi connectivity index (χ0n) is 13.0. The van der Waals surface area contributed by atoms with Crippen molar-refractivity contribution in [2.24, 2.45) is 7.05 Å². The second-order valence-electron chi connectivity index (χ2n) is 5.63. The summed E-state index contributed by atoms with van der Waals surface area (Å²) in [6, 6.07) is 3.46. The summed E-state index contributed by atoms with van der Waals surface area (Å²) in [5.74, 6) is -0.0559. The molecule has 1 saturated heterocycles. The fourth-order valence-electron chi connectivity index (χ4n) is 2.64. The molecule has 2 atom stereocenters. The molecule has 0 unspecified atom stereocenters. The number of pyridine rings is 1. The van der Waals surface area contributed by atoms with Gasteiger partial charge in [-0.1, -0.05) is 6.07 Å². The Labute approximate surface area is 124 Å². The van der Waals surface area contributed by atoms with Gasteiger partial charge in [0.2, 0.25) is 5.91 Å². The van der Waals surface area contributed by atoms with Gasteiger partial charge in [0.25, 0.3) is 5.56 Å². The third-order valence-corrected chi connectivity index (χ3v) is 4.23. The predicted molar refractivity (Wildman–Crippen MR) is 80.1 cm³/mol. The van der Waals surface area contributed by atoms with E-state index in [1.807, 2.05) is 24.9 Å². The van der Waals surface area contributed by atoms with Crippen LogP contribution in [-0.4, -0.2) is 48.2 Å². The first kappa shape index (κ1) is 15.7. The van der Waals surface area contributed by atoms with Gasteiger partial charge in [0, 0.05) is 38.5 Å². The number of aromatic nitrogens is 1. The number of methoxy groups -OCH3 is 1. The van der Waals surface area contributed by atoms with Crippen molar-refractivity contribution in [1.82, 2.24) is 14.8 Å². The van der Waals surface area contributed by atoms with E-state index in [1.165, 1.54) is 0 Å². The van der Waals surface area contributed by atoms with Crippen molar-refractivity contribution in [3.63, 3.8) is 0 Å². The van der Waals surface area contributed by atoms with Crippen LogP contribution >= 0.6 is 0 Å². The molecule has 0 spiro atoms. The van der Waals surface area contributed by atoms with Crippen molar-refractivity contribution in [1.29, 1.82) is 0 Å². The van der Waals surface area contributed by atoms with Crippen molar-refractivity contribution >= 4 is 5.91 Å². The fraction of sp³-hybridized carbons (Fsp3) is 0.600. The summed E-state index contributed by atoms with van der Waals surface area (Å²) < 4.78 is 6.89. The number of hydrogen-bond donors (Lipinski definition) is 1. The highest BCUT2D eigenvalue weighted by Crippen LogP contribution is 2.18. The van der Waals surface area contributed by atoms with E-state index < -0.39 is 0 Å². The van der Waals surface area contributed by atoms with Gasteiger partial charge in [-0.05, 0) is 26.5 Å². The van der Waals surface area contributed by atoms with Gasteiger partial charge in [-0.25, -0.2) is 0 Å². The van der Waals surface area contributed by atoms with Gasteiger partial charge in [-0.15, -0.1) is 0 Å². The van der Waals surface area contributed by atoms with Gasteiger partial charge < -0.3 is 14.6 Å². The number of nitrogens with one attached hydrogen (secondary N) is 1. The van der Waals surface area contributed by atoms with E-state index in [0.717, 1.165) is 12.2 Å². The van der Waals surface area contributed by atoms with E-state index in [1.54, 1.807) is 24.8 Å². The van der Waals surface area contributed by atoms with E-state index in [4.69, 9.17) is 4.74 Å². The number of aryl methyl sites for hydroxylation is 1. The van der Waals surface area contributed by atoms with Crippen LogP contribution in [0.1, 0.15) is 17.7 Å². The molecule has 21 heavy (non-hydrogen) atoms. The lowest BCUT2D eigenvalue weighted by molar-refractivity contribution is -0.125. The van der Waals surface area contributed by atoms with E-state index >= 15 is 0 Å². The first-order chi connectivity index (χ1) is 9.93. The van der Waals surface area contributed by atoms with Gasteiger partial charge in [0.1, 0.15) is 0 Å². The minimum Gasteiger partial charge on any atom is -0.380 e. The second-order valence-corrected chi connectivity index (χ2v) is 5.63. The summed E-state index contributed by atoms with van der Waals surface area (Å²) in [6.07, 6.45) is 0.781. The van der Waals surface area contributed by atoms with Crippen LogP contribution < -0.4 is 10.9 Å². The molecule has 2 heterocycles. The number of carbonyl (C=O) groups excluding carboxylic acids is 1. The highest BCUT2D eigenvalue weighted by molar-refractivity contribution is 5.82. The third-order valence-electron chi connectivity index (χ3n) is 4.23. The van der Waals surface area contributed by atoms with Gasteiger partial charge in [-0.3, -0.25) is 14.5 Å². The minimum absolute atomic E-state index is 0.0559. The lowest BCUT2D eigenvalue weighted by atomic mass is 10.1. The lowest BCUT2D eigenvalue weighted by Crippen LogP contribution is -2.42. The molecule has 116 valence electrons. The molecule has 1 N–H and O–H groups in total. The minimum atomic E-state index is -0.191. The van der Waals surface area contributed by atoms with E-state index in [2.05, 4.69) is 5.32 Å². The van der Waals surface area contributed by atoms with Gasteiger partial charge in [-0.2, -0.15) is 0 Å². The Bertz CT molecular complexity index is 582. The quantitative estimate of drug-likeness (QED) is 0.851. The monoisotopic (exact) mass is 293 g/mol. The summed E-state index contributed by atoms with van der Waals surface area (Å²) in [5.41, 5.74) is 1.43. The Balaban J connectivity index is 1.99. The maximum Gasteiger partial charge on any atom is 0.255 e. The number of ether oxygens (including phenoxy) is 1. The highest BCUT2D eigenvalue weighted by Gasteiger charge is 2.34. The maximum absolute atomic E-state index is 12.2. The maximum atomic E-state index is 12.2. The molecular formula is C15H23N3O3. The summed E-state index contributed by atoms with van der Waals surface area (Å²) in [7, 11) is 5.31. The van der Waals surface area contributed by atoms with Crippen molar-refractivity contribution in [3.05, 3.63) is 33.7 Å². The molecule has 1 aromatic rings. The number of amides is 1. The molecule has 0 bridgehead atoms. The average molecular weight is 293 g/mol. The average Bonchev–Trinajstić information content (AvgIpc) is 2.85. The van der Waals surface area contributed by atoms with Crippen LogP contribution in [0.5, 0.6) is 0 Å². The normalized spacial score (nSPS) is 22.5. The van der Waals surface area contributed by atoms with E-state index in [0.29, 0.717) is 12.0 Å². The number of rotatable bonds is 4. The summed E-state index contributed by atoms with van der Waals surface area (Å²) in [6.45, 7) is 2.89. The number of carbonyl (C=O) groups is 1. The van der Waals surface area contributed by atoms with Crippen molar-refractivity contribution in [2.75, 3.05) is 20.7 Å². The molecule has 2 rings (SSSR count). The van der Waals surface area contributed by atoms with Crippen molar-refractivity contribution < 1.29 is 9.53 Å². The zero-order chi connectivity index (χ0) is 15.6. The molecular weight excluding hydrogens is 270 g/mol. The molecule has 6 heteroatoms. The summed E-state index contributed by atoms with van der Waals surface area (Å²) >= 11 is 0. The molecule has 0 aliphatic carbocycles. The van der Waals surface area contributed by atoms with Crippen LogP contribution in [0.2, 0.25) is 0 Å². The summed E-state index contributed by atoms with van der Waals surface area (Å²) in [4.78, 5) is 26.3. The SMILES string of the molecule is CO[C@H]1C[C@@H](C(=O)NCc2ccc(C)n(C)c2=O)N(C)C1. The Morgan fingerprint density at radius 1 is 1.43 bits per heavy atom. The smallest absolute Gasteiger partial charge is 0.255 e. The largest absolute Gasteiger partial charge is 0.380 e. The molecule has 1 aliphatic rings. The molecule has 0 saturated carbocycles. The van der Waals surface area contributed by atoms with Crippen LogP contribution in [0.25, 0.3) is 0 Å². The Kier molecular flexibility index (Phi) is 4.80. The van der Waals surface area contributed by atoms with Gasteiger partial charge >= 0.3 is 0 Å². The summed E-state index contributed by atoms with van der Waals surface area (Å²) in [5, 5.41) is 2.85. The number of hydrogen-bond acceptors (Lipinski definition) is 4. The predicted octanol–water partition coefficient (Wildman–Crippen LogP) is 0.0290. The Morgan fingerprint density at radius 2 is 2.14 bits per heavy atom. The molecule has 6 nitrogen and oxygen atoms in total. The fourth-order valence-corrected chi connectivity index (χ4v) is 2.64. The second kappa shape index (κ2) is 6.41. The topological polar surface area (TPSA) is 63.6 Å². The first-order valence-electron chi connectivity index (χ1n) is 7.10. The van der Waals surface area contributed by atoms with Crippen LogP contribution in [0.3, 0.4) is 0 Å². The number of likely N-dealkylation sites (N-methyl/N-ethyl adjacent to an activating group) is 1. The molecule has 1 aliphatic heterocycles. The van der Waals surface area contributed by atoms with Crippen LogP contribution in [0.4, 0.5) is 0 Å². The first-order valence-corrected chi connectivity index (χ1v) is 7.10. The molecule has 0 aromatic carbocycles. The molecule has 1 fully saturated rings. The Hall–Kier alpha value is -1.66. The molecule has 1 aromatic heterocycles. The molecule has 0 radical (unpaired) electrons. The van der Waals surface area contributed by atoms with E-state index in [9.17, 15) is 9.59 Å². The van der Waals surface area contributed by atoms with Crippen molar-refractivity contribution in [2.45, 2.75) is 32.0 Å². The highest BCUT2D eigenvalue weighted by atomic mass is 16.5. The van der Waals surface area contributed by atoms with Gasteiger partial charge in [0.15, 0.2) is 0 Å². The lowest BCUT2D eigenvalue weighted by Gasteiger charge is -2.18.